The summed E-state index contributed by atoms with van der Waals surface area (Å²) in [6.45, 7) is 3.18. The standard InChI is InChI=1S/C9H18ClN3/c1-3-4-5-6-7-13-9(10)12(2)8-11-13/h8-9H,3-7H2,1-2H3. The van der Waals surface area contributed by atoms with Crippen LogP contribution in [0, 0.1) is 0 Å². The number of hydrogen-bond donors (Lipinski definition) is 0. The minimum absolute atomic E-state index is 0.0818. The maximum Gasteiger partial charge on any atom is 0.195 e. The highest BCUT2D eigenvalue weighted by molar-refractivity contribution is 6.20. The molecule has 0 saturated heterocycles. The average molecular weight is 204 g/mol. The predicted octanol–water partition coefficient (Wildman–Crippen LogP) is 2.28. The molecule has 0 radical (unpaired) electrons. The molecule has 1 unspecified atom stereocenters. The third kappa shape index (κ3) is 3.07. The van der Waals surface area contributed by atoms with Crippen LogP contribution < -0.4 is 0 Å². The SMILES string of the molecule is CCCCCCN1N=CN(C)C1Cl. The lowest BCUT2D eigenvalue weighted by Gasteiger charge is -2.22. The monoisotopic (exact) mass is 203 g/mol. The molecule has 13 heavy (non-hydrogen) atoms. The van der Waals surface area contributed by atoms with Gasteiger partial charge in [-0.25, -0.2) is 0 Å². The Kier molecular flexibility index (Phi) is 4.36. The van der Waals surface area contributed by atoms with E-state index in [1.807, 2.05) is 17.0 Å². The molecule has 4 heteroatoms. The molecule has 0 spiro atoms. The molecule has 0 aliphatic carbocycles. The van der Waals surface area contributed by atoms with Crippen molar-refractivity contribution in [3.63, 3.8) is 0 Å². The van der Waals surface area contributed by atoms with Crippen molar-refractivity contribution < 1.29 is 0 Å². The quantitative estimate of drug-likeness (QED) is 0.388. The Balaban J connectivity index is 2.12. The van der Waals surface area contributed by atoms with Crippen LogP contribution in [0.1, 0.15) is 32.6 Å². The first-order valence-electron chi connectivity index (χ1n) is 4.92. The van der Waals surface area contributed by atoms with Gasteiger partial charge < -0.3 is 4.90 Å². The van der Waals surface area contributed by atoms with E-state index in [4.69, 9.17) is 11.6 Å². The van der Waals surface area contributed by atoms with Crippen LogP contribution in [-0.4, -0.2) is 35.5 Å². The molecule has 0 bridgehead atoms. The highest BCUT2D eigenvalue weighted by Crippen LogP contribution is 2.15. The second-order valence-electron chi connectivity index (χ2n) is 3.43. The number of hydrazone groups is 1. The molecule has 1 rings (SSSR count). The third-order valence-electron chi connectivity index (χ3n) is 2.20. The van der Waals surface area contributed by atoms with E-state index in [-0.39, 0.29) is 5.62 Å². The van der Waals surface area contributed by atoms with Gasteiger partial charge in [0, 0.05) is 13.6 Å². The van der Waals surface area contributed by atoms with Crippen molar-refractivity contribution in [2.45, 2.75) is 38.2 Å². The van der Waals surface area contributed by atoms with Gasteiger partial charge in [-0.1, -0.05) is 37.8 Å². The van der Waals surface area contributed by atoms with E-state index in [0.29, 0.717) is 0 Å². The minimum atomic E-state index is -0.0818. The Morgan fingerprint density at radius 3 is 2.69 bits per heavy atom. The lowest BCUT2D eigenvalue weighted by atomic mass is 10.2. The molecule has 0 aromatic heterocycles. The van der Waals surface area contributed by atoms with Crippen molar-refractivity contribution >= 4 is 17.9 Å². The molecular formula is C9H18ClN3. The van der Waals surface area contributed by atoms with Crippen LogP contribution in [0.5, 0.6) is 0 Å². The van der Waals surface area contributed by atoms with Crippen LogP contribution in [0.3, 0.4) is 0 Å². The fourth-order valence-corrected chi connectivity index (χ4v) is 1.53. The Morgan fingerprint density at radius 1 is 1.38 bits per heavy atom. The summed E-state index contributed by atoms with van der Waals surface area (Å²) >= 11 is 6.07. The number of unbranched alkanes of at least 4 members (excludes halogenated alkanes) is 3. The Labute approximate surface area is 85.3 Å². The van der Waals surface area contributed by atoms with E-state index in [0.717, 1.165) is 6.54 Å². The maximum atomic E-state index is 6.07. The minimum Gasteiger partial charge on any atom is -0.330 e. The first-order chi connectivity index (χ1) is 6.25. The van der Waals surface area contributed by atoms with Crippen molar-refractivity contribution in [1.82, 2.24) is 9.91 Å². The van der Waals surface area contributed by atoms with Gasteiger partial charge >= 0.3 is 0 Å². The van der Waals surface area contributed by atoms with Gasteiger partial charge in [0.2, 0.25) is 0 Å². The lowest BCUT2D eigenvalue weighted by molar-refractivity contribution is 0.212. The van der Waals surface area contributed by atoms with Crippen molar-refractivity contribution in [3.8, 4) is 0 Å². The molecule has 0 fully saturated rings. The van der Waals surface area contributed by atoms with E-state index in [9.17, 15) is 0 Å². The van der Waals surface area contributed by atoms with Crippen molar-refractivity contribution in [3.05, 3.63) is 0 Å². The Hall–Kier alpha value is -0.440. The topological polar surface area (TPSA) is 18.8 Å². The van der Waals surface area contributed by atoms with E-state index < -0.39 is 0 Å². The molecular weight excluding hydrogens is 186 g/mol. The van der Waals surface area contributed by atoms with Gasteiger partial charge in [-0.2, -0.15) is 5.10 Å². The summed E-state index contributed by atoms with van der Waals surface area (Å²) in [5.74, 6) is 0. The molecule has 0 saturated carbocycles. The highest BCUT2D eigenvalue weighted by Gasteiger charge is 2.21. The van der Waals surface area contributed by atoms with Gasteiger partial charge in [0.25, 0.3) is 0 Å². The zero-order valence-electron chi connectivity index (χ0n) is 8.41. The Bertz CT molecular complexity index is 172. The van der Waals surface area contributed by atoms with Crippen LogP contribution in [-0.2, 0) is 0 Å². The third-order valence-corrected chi connectivity index (χ3v) is 2.74. The van der Waals surface area contributed by atoms with Crippen LogP contribution in [0.4, 0.5) is 0 Å². The number of hydrogen-bond acceptors (Lipinski definition) is 3. The van der Waals surface area contributed by atoms with E-state index >= 15 is 0 Å². The summed E-state index contributed by atoms with van der Waals surface area (Å²) in [7, 11) is 1.94. The first-order valence-corrected chi connectivity index (χ1v) is 5.36. The normalized spacial score (nSPS) is 21.6. The van der Waals surface area contributed by atoms with Gasteiger partial charge in [0.05, 0.1) is 0 Å². The van der Waals surface area contributed by atoms with Gasteiger partial charge in [-0.15, -0.1) is 0 Å². The second kappa shape index (κ2) is 5.32. The van der Waals surface area contributed by atoms with Crippen molar-refractivity contribution in [1.29, 1.82) is 0 Å². The highest BCUT2D eigenvalue weighted by atomic mass is 35.5. The van der Waals surface area contributed by atoms with Crippen LogP contribution >= 0.6 is 11.6 Å². The number of alkyl halides is 1. The van der Waals surface area contributed by atoms with Gasteiger partial charge in [0.15, 0.2) is 5.62 Å². The van der Waals surface area contributed by atoms with E-state index in [1.54, 1.807) is 6.34 Å². The van der Waals surface area contributed by atoms with Crippen LogP contribution in [0.25, 0.3) is 0 Å². The molecule has 1 atom stereocenters. The van der Waals surface area contributed by atoms with Crippen molar-refractivity contribution in [2.24, 2.45) is 5.10 Å². The summed E-state index contributed by atoms with van der Waals surface area (Å²) in [6.07, 6.45) is 6.81. The summed E-state index contributed by atoms with van der Waals surface area (Å²) in [6, 6.07) is 0. The maximum absolute atomic E-state index is 6.07. The van der Waals surface area contributed by atoms with E-state index in [2.05, 4.69) is 12.0 Å². The van der Waals surface area contributed by atoms with Gasteiger partial charge in [-0.05, 0) is 6.42 Å². The molecule has 3 nitrogen and oxygen atoms in total. The molecule has 1 aliphatic heterocycles. The molecule has 0 amide bonds. The molecule has 0 aromatic rings. The predicted molar refractivity (Wildman–Crippen MR) is 56.7 cm³/mol. The molecule has 76 valence electrons. The fraction of sp³-hybridized carbons (Fsp3) is 0.889. The number of nitrogens with zero attached hydrogens (tertiary/aromatic N) is 3. The summed E-state index contributed by atoms with van der Waals surface area (Å²) < 4.78 is 0. The van der Waals surface area contributed by atoms with Gasteiger partial charge in [-0.3, -0.25) is 5.01 Å². The van der Waals surface area contributed by atoms with E-state index in [1.165, 1.54) is 25.7 Å². The summed E-state index contributed by atoms with van der Waals surface area (Å²) in [5, 5.41) is 6.13. The smallest absolute Gasteiger partial charge is 0.195 e. The first kappa shape index (κ1) is 10.6. The number of halogens is 1. The zero-order valence-corrected chi connectivity index (χ0v) is 9.17. The fourth-order valence-electron chi connectivity index (χ4n) is 1.33. The summed E-state index contributed by atoms with van der Waals surface area (Å²) in [5.41, 5.74) is -0.0818. The molecule has 0 N–H and O–H groups in total. The lowest BCUT2D eigenvalue weighted by Crippen LogP contribution is -2.32. The van der Waals surface area contributed by atoms with Crippen LogP contribution in [0.2, 0.25) is 0 Å². The number of rotatable bonds is 5. The Morgan fingerprint density at radius 2 is 2.15 bits per heavy atom. The molecule has 1 aliphatic rings. The van der Waals surface area contributed by atoms with Crippen LogP contribution in [0.15, 0.2) is 5.10 Å². The largest absolute Gasteiger partial charge is 0.330 e. The molecule has 0 aromatic carbocycles. The molecule has 1 heterocycles. The zero-order chi connectivity index (χ0) is 9.68. The average Bonchev–Trinajstić information content (AvgIpc) is 2.43. The summed E-state index contributed by atoms with van der Waals surface area (Å²) in [4.78, 5) is 1.90. The van der Waals surface area contributed by atoms with Gasteiger partial charge in [0.1, 0.15) is 6.34 Å². The van der Waals surface area contributed by atoms with Crippen molar-refractivity contribution in [2.75, 3.05) is 13.6 Å². The second-order valence-corrected chi connectivity index (χ2v) is 3.82.